The number of non-ortho nitro benzene ring substituents is 1. The van der Waals surface area contributed by atoms with Crippen molar-refractivity contribution in [1.29, 1.82) is 0 Å². The lowest BCUT2D eigenvalue weighted by Gasteiger charge is -2.09. The number of hydrogen-bond acceptors (Lipinski definition) is 6. The predicted molar refractivity (Wildman–Crippen MR) is 114 cm³/mol. The summed E-state index contributed by atoms with van der Waals surface area (Å²) in [6.07, 6.45) is 0. The van der Waals surface area contributed by atoms with Crippen molar-refractivity contribution < 1.29 is 27.3 Å². The molecule has 0 atom stereocenters. The van der Waals surface area contributed by atoms with Crippen LogP contribution in [0.15, 0.2) is 71.6 Å². The number of sulfone groups is 1. The molecule has 0 radical (unpaired) electrons. The van der Waals surface area contributed by atoms with Crippen LogP contribution in [0.3, 0.4) is 0 Å². The number of nitrogens with zero attached hydrogens (tertiary/aromatic N) is 1. The van der Waals surface area contributed by atoms with Gasteiger partial charge in [-0.1, -0.05) is 24.0 Å². The Morgan fingerprint density at radius 2 is 1.78 bits per heavy atom. The zero-order chi connectivity index (χ0) is 23.3. The molecule has 3 aromatic carbocycles. The topological polar surface area (TPSA) is 104 Å². The highest BCUT2D eigenvalue weighted by Gasteiger charge is 2.21. The van der Waals surface area contributed by atoms with E-state index in [1.807, 2.05) is 0 Å². The number of rotatable bonds is 5. The van der Waals surface area contributed by atoms with Gasteiger partial charge < -0.3 is 4.74 Å². The molecule has 0 aliphatic carbocycles. The second-order valence-corrected chi connectivity index (χ2v) is 8.60. The largest absolute Gasteiger partial charge is 0.465 e. The van der Waals surface area contributed by atoms with E-state index in [0.29, 0.717) is 5.56 Å². The first kappa shape index (κ1) is 22.7. The quantitative estimate of drug-likeness (QED) is 0.251. The first-order valence-electron chi connectivity index (χ1n) is 9.15. The Balaban J connectivity index is 2.06. The number of nitro groups is 1. The Labute approximate surface area is 183 Å². The van der Waals surface area contributed by atoms with E-state index in [-0.39, 0.29) is 27.3 Å². The summed E-state index contributed by atoms with van der Waals surface area (Å²) in [6, 6.07) is 14.5. The van der Waals surface area contributed by atoms with Crippen LogP contribution in [0.5, 0.6) is 0 Å². The van der Waals surface area contributed by atoms with Crippen molar-refractivity contribution in [2.75, 3.05) is 7.11 Å². The van der Waals surface area contributed by atoms with E-state index >= 15 is 0 Å². The predicted octanol–water partition coefficient (Wildman–Crippen LogP) is 3.89. The molecule has 0 N–H and O–H groups in total. The molecule has 0 fully saturated rings. The zero-order valence-electron chi connectivity index (χ0n) is 16.7. The van der Waals surface area contributed by atoms with Gasteiger partial charge in [0.15, 0.2) is 9.84 Å². The standard InChI is InChI=1S/C23H16FNO6S/c1-31-23(26)19-9-12-22(18(14-19)8-5-16-6-10-20(24)11-7-16)32(29,30)15-17-3-2-4-21(13-17)25(27)28/h2-4,6-7,9-14H,15H2,1H3. The lowest BCUT2D eigenvalue weighted by atomic mass is 10.1. The van der Waals surface area contributed by atoms with Crippen LogP contribution in [0.1, 0.15) is 27.0 Å². The minimum Gasteiger partial charge on any atom is -0.465 e. The first-order valence-corrected chi connectivity index (χ1v) is 10.8. The average Bonchev–Trinajstić information content (AvgIpc) is 2.77. The van der Waals surface area contributed by atoms with E-state index in [4.69, 9.17) is 0 Å². The van der Waals surface area contributed by atoms with Crippen LogP contribution in [0.25, 0.3) is 0 Å². The minimum atomic E-state index is -3.98. The fourth-order valence-electron chi connectivity index (χ4n) is 2.87. The van der Waals surface area contributed by atoms with Gasteiger partial charge in [-0.2, -0.15) is 0 Å². The molecule has 0 saturated carbocycles. The molecule has 3 aromatic rings. The highest BCUT2D eigenvalue weighted by atomic mass is 32.2. The maximum Gasteiger partial charge on any atom is 0.337 e. The molecule has 32 heavy (non-hydrogen) atoms. The molecule has 3 rings (SSSR count). The van der Waals surface area contributed by atoms with Crippen molar-refractivity contribution in [2.24, 2.45) is 0 Å². The van der Waals surface area contributed by atoms with Crippen LogP contribution in [0, 0.1) is 27.8 Å². The number of nitro benzene ring substituents is 1. The van der Waals surface area contributed by atoms with Gasteiger partial charge in [-0.15, -0.1) is 0 Å². The van der Waals surface area contributed by atoms with Gasteiger partial charge in [0, 0.05) is 23.3 Å². The molecule has 0 unspecified atom stereocenters. The van der Waals surface area contributed by atoms with Gasteiger partial charge in [-0.05, 0) is 48.0 Å². The third kappa shape index (κ3) is 5.36. The van der Waals surface area contributed by atoms with Crippen LogP contribution in [-0.2, 0) is 20.3 Å². The van der Waals surface area contributed by atoms with E-state index in [2.05, 4.69) is 16.6 Å². The van der Waals surface area contributed by atoms with Crippen molar-refractivity contribution >= 4 is 21.5 Å². The Morgan fingerprint density at radius 3 is 2.44 bits per heavy atom. The maximum absolute atomic E-state index is 13.1. The molecule has 0 aliphatic heterocycles. The number of carbonyl (C=O) groups excluding carboxylic acids is 1. The molecule has 0 aromatic heterocycles. The fraction of sp³-hybridized carbons (Fsp3) is 0.0870. The maximum atomic E-state index is 13.1. The van der Waals surface area contributed by atoms with Crippen LogP contribution < -0.4 is 0 Å². The number of benzene rings is 3. The van der Waals surface area contributed by atoms with Crippen molar-refractivity contribution in [3.05, 3.63) is 105 Å². The first-order chi connectivity index (χ1) is 15.2. The molecular formula is C23H16FNO6S. The zero-order valence-corrected chi connectivity index (χ0v) is 17.6. The van der Waals surface area contributed by atoms with E-state index in [1.165, 1.54) is 73.8 Å². The van der Waals surface area contributed by atoms with Gasteiger partial charge in [0.2, 0.25) is 0 Å². The third-order valence-corrected chi connectivity index (χ3v) is 6.14. The summed E-state index contributed by atoms with van der Waals surface area (Å²) in [7, 11) is -2.79. The highest BCUT2D eigenvalue weighted by Crippen LogP contribution is 2.24. The van der Waals surface area contributed by atoms with E-state index < -0.39 is 32.3 Å². The highest BCUT2D eigenvalue weighted by molar-refractivity contribution is 7.90. The number of esters is 1. The molecule has 0 amide bonds. The molecule has 0 heterocycles. The summed E-state index contributed by atoms with van der Waals surface area (Å²) in [5.41, 5.74) is 0.591. The molecule has 0 bridgehead atoms. The molecular weight excluding hydrogens is 437 g/mol. The molecule has 7 nitrogen and oxygen atoms in total. The van der Waals surface area contributed by atoms with Gasteiger partial charge in [-0.25, -0.2) is 17.6 Å². The van der Waals surface area contributed by atoms with Crippen molar-refractivity contribution in [3.8, 4) is 11.8 Å². The Morgan fingerprint density at radius 1 is 1.06 bits per heavy atom. The number of carbonyl (C=O) groups is 1. The summed E-state index contributed by atoms with van der Waals surface area (Å²) in [6.45, 7) is 0. The van der Waals surface area contributed by atoms with Crippen LogP contribution in [-0.4, -0.2) is 26.4 Å². The number of ether oxygens (including phenoxy) is 1. The fourth-order valence-corrected chi connectivity index (χ4v) is 4.37. The lowest BCUT2D eigenvalue weighted by molar-refractivity contribution is -0.384. The number of methoxy groups -OCH3 is 1. The third-order valence-electron chi connectivity index (χ3n) is 4.40. The van der Waals surface area contributed by atoms with Crippen LogP contribution >= 0.6 is 0 Å². The molecule has 0 saturated heterocycles. The number of halogens is 1. The van der Waals surface area contributed by atoms with Gasteiger partial charge in [0.25, 0.3) is 5.69 Å². The van der Waals surface area contributed by atoms with E-state index in [9.17, 15) is 27.7 Å². The Bertz CT molecular complexity index is 1360. The van der Waals surface area contributed by atoms with Gasteiger partial charge >= 0.3 is 5.97 Å². The molecule has 162 valence electrons. The molecule has 0 spiro atoms. The van der Waals surface area contributed by atoms with Crippen LogP contribution in [0.2, 0.25) is 0 Å². The summed E-state index contributed by atoms with van der Waals surface area (Å²) < 4.78 is 44.0. The summed E-state index contributed by atoms with van der Waals surface area (Å²) >= 11 is 0. The number of hydrogen-bond donors (Lipinski definition) is 0. The Hall–Kier alpha value is -4.03. The summed E-state index contributed by atoms with van der Waals surface area (Å²) in [5, 5.41) is 11.0. The minimum absolute atomic E-state index is 0.0441. The van der Waals surface area contributed by atoms with Gasteiger partial charge in [0.05, 0.1) is 28.2 Å². The van der Waals surface area contributed by atoms with E-state index in [0.717, 1.165) is 0 Å². The lowest BCUT2D eigenvalue weighted by Crippen LogP contribution is -2.09. The average molecular weight is 453 g/mol. The second-order valence-electron chi connectivity index (χ2n) is 6.65. The SMILES string of the molecule is COC(=O)c1ccc(S(=O)(=O)Cc2cccc([N+](=O)[O-])c2)c(C#Cc2ccc(F)cc2)c1. The van der Waals surface area contributed by atoms with Crippen molar-refractivity contribution in [3.63, 3.8) is 0 Å². The van der Waals surface area contributed by atoms with Gasteiger partial charge in [0.1, 0.15) is 5.82 Å². The summed E-state index contributed by atoms with van der Waals surface area (Å²) in [5.74, 6) is 3.86. The normalized spacial score (nSPS) is 10.7. The van der Waals surface area contributed by atoms with E-state index in [1.54, 1.807) is 0 Å². The van der Waals surface area contributed by atoms with Gasteiger partial charge in [-0.3, -0.25) is 10.1 Å². The summed E-state index contributed by atoms with van der Waals surface area (Å²) in [4.78, 5) is 22.1. The second kappa shape index (κ2) is 9.41. The molecule has 9 heteroatoms. The monoisotopic (exact) mass is 453 g/mol. The van der Waals surface area contributed by atoms with Crippen molar-refractivity contribution in [2.45, 2.75) is 10.6 Å². The van der Waals surface area contributed by atoms with Crippen molar-refractivity contribution in [1.82, 2.24) is 0 Å². The van der Waals surface area contributed by atoms with Crippen LogP contribution in [0.4, 0.5) is 10.1 Å². The Kier molecular flexibility index (Phi) is 6.66. The smallest absolute Gasteiger partial charge is 0.337 e. The molecule has 0 aliphatic rings.